The summed E-state index contributed by atoms with van der Waals surface area (Å²) in [7, 11) is 0. The monoisotopic (exact) mass is 376 g/mol. The molecule has 1 atom stereocenters. The van der Waals surface area contributed by atoms with Gasteiger partial charge in [0, 0.05) is 12.4 Å². The van der Waals surface area contributed by atoms with Gasteiger partial charge in [-0.1, -0.05) is 36.4 Å². The lowest BCUT2D eigenvalue weighted by molar-refractivity contribution is 0.771. The zero-order chi connectivity index (χ0) is 20.1. The van der Waals surface area contributed by atoms with Crippen LogP contribution in [0.1, 0.15) is 24.1 Å². The maximum Gasteiger partial charge on any atom is 0.0991 e. The first-order valence-corrected chi connectivity index (χ1v) is 9.46. The van der Waals surface area contributed by atoms with Crippen LogP contribution in [0.25, 0.3) is 11.1 Å². The fourth-order valence-electron chi connectivity index (χ4n) is 3.59. The van der Waals surface area contributed by atoms with E-state index in [0.717, 1.165) is 28.1 Å². The standard InChI is InChI=1S/C25H20N4/c1-19(29(22-9-5-13-27-17-22)23-10-6-14-28-18-23)25-15-20(16-26)11-12-24(25)21-7-3-2-4-8-21/h2-15,17-19H,1H3. The summed E-state index contributed by atoms with van der Waals surface area (Å²) in [6.07, 6.45) is 7.22. The van der Waals surface area contributed by atoms with Gasteiger partial charge < -0.3 is 4.90 Å². The quantitative estimate of drug-likeness (QED) is 0.434. The van der Waals surface area contributed by atoms with Crippen LogP contribution in [-0.2, 0) is 0 Å². The molecular formula is C25H20N4. The van der Waals surface area contributed by atoms with Gasteiger partial charge in [-0.15, -0.1) is 0 Å². The van der Waals surface area contributed by atoms with E-state index in [1.165, 1.54) is 0 Å². The lowest BCUT2D eigenvalue weighted by Gasteiger charge is -2.32. The average molecular weight is 376 g/mol. The maximum atomic E-state index is 9.49. The Kier molecular flexibility index (Phi) is 5.31. The van der Waals surface area contributed by atoms with E-state index < -0.39 is 0 Å². The van der Waals surface area contributed by atoms with Gasteiger partial charge in [-0.05, 0) is 60.0 Å². The third kappa shape index (κ3) is 3.85. The Hall–Kier alpha value is -3.97. The Balaban J connectivity index is 1.89. The minimum absolute atomic E-state index is 0.0492. The molecule has 4 heteroatoms. The number of hydrogen-bond acceptors (Lipinski definition) is 4. The third-order valence-electron chi connectivity index (χ3n) is 4.95. The van der Waals surface area contributed by atoms with E-state index in [0.29, 0.717) is 5.56 Å². The van der Waals surface area contributed by atoms with E-state index in [9.17, 15) is 5.26 Å². The Morgan fingerprint density at radius 2 is 1.48 bits per heavy atom. The highest BCUT2D eigenvalue weighted by molar-refractivity contribution is 5.72. The van der Waals surface area contributed by atoms with Crippen LogP contribution in [0.2, 0.25) is 0 Å². The molecule has 2 aromatic heterocycles. The second kappa shape index (κ2) is 8.37. The molecule has 0 N–H and O–H groups in total. The Bertz CT molecular complexity index is 1080. The highest BCUT2D eigenvalue weighted by atomic mass is 15.2. The Morgan fingerprint density at radius 3 is 2.03 bits per heavy atom. The van der Waals surface area contributed by atoms with Gasteiger partial charge in [-0.3, -0.25) is 9.97 Å². The summed E-state index contributed by atoms with van der Waals surface area (Å²) in [4.78, 5) is 10.8. The number of rotatable bonds is 5. The highest BCUT2D eigenvalue weighted by Gasteiger charge is 2.22. The van der Waals surface area contributed by atoms with Crippen LogP contribution in [0, 0.1) is 11.3 Å². The summed E-state index contributed by atoms with van der Waals surface area (Å²) in [5, 5.41) is 9.49. The van der Waals surface area contributed by atoms with Crippen molar-refractivity contribution >= 4 is 11.4 Å². The average Bonchev–Trinajstić information content (AvgIpc) is 2.81. The number of nitriles is 1. The van der Waals surface area contributed by atoms with Gasteiger partial charge in [-0.2, -0.15) is 5.26 Å². The van der Waals surface area contributed by atoms with Crippen LogP contribution in [0.4, 0.5) is 11.4 Å². The number of pyridine rings is 2. The first-order valence-electron chi connectivity index (χ1n) is 9.46. The molecular weight excluding hydrogens is 356 g/mol. The Morgan fingerprint density at radius 1 is 0.828 bits per heavy atom. The van der Waals surface area contributed by atoms with Gasteiger partial charge in [0.2, 0.25) is 0 Å². The number of nitrogens with zero attached hydrogens (tertiary/aromatic N) is 4. The second-order valence-corrected chi connectivity index (χ2v) is 6.75. The molecule has 4 nitrogen and oxygen atoms in total. The van der Waals surface area contributed by atoms with Crippen molar-refractivity contribution in [3.05, 3.63) is 109 Å². The molecule has 0 aliphatic rings. The summed E-state index contributed by atoms with van der Waals surface area (Å²) < 4.78 is 0. The fraction of sp³-hybridized carbons (Fsp3) is 0.0800. The minimum Gasteiger partial charge on any atom is -0.332 e. The molecule has 0 amide bonds. The topological polar surface area (TPSA) is 52.8 Å². The molecule has 4 rings (SSSR count). The number of benzene rings is 2. The van der Waals surface area contributed by atoms with Gasteiger partial charge in [0.15, 0.2) is 0 Å². The normalized spacial score (nSPS) is 11.4. The molecule has 2 heterocycles. The molecule has 0 radical (unpaired) electrons. The van der Waals surface area contributed by atoms with E-state index >= 15 is 0 Å². The summed E-state index contributed by atoms with van der Waals surface area (Å²) in [5.74, 6) is 0. The molecule has 0 saturated carbocycles. The first-order chi connectivity index (χ1) is 14.3. The second-order valence-electron chi connectivity index (χ2n) is 6.75. The summed E-state index contributed by atoms with van der Waals surface area (Å²) in [5.41, 5.74) is 5.88. The lowest BCUT2D eigenvalue weighted by atomic mass is 9.92. The zero-order valence-electron chi connectivity index (χ0n) is 16.1. The number of aromatic nitrogens is 2. The van der Waals surface area contributed by atoms with Crippen LogP contribution in [0.5, 0.6) is 0 Å². The van der Waals surface area contributed by atoms with Crippen molar-refractivity contribution in [3.8, 4) is 17.2 Å². The van der Waals surface area contributed by atoms with Crippen LogP contribution in [0.3, 0.4) is 0 Å². The van der Waals surface area contributed by atoms with Crippen molar-refractivity contribution in [2.75, 3.05) is 4.90 Å². The van der Waals surface area contributed by atoms with Gasteiger partial charge in [0.1, 0.15) is 0 Å². The molecule has 0 saturated heterocycles. The first kappa shape index (κ1) is 18.4. The molecule has 0 spiro atoms. The minimum atomic E-state index is -0.0492. The van der Waals surface area contributed by atoms with Gasteiger partial charge in [0.05, 0.1) is 41.4 Å². The van der Waals surface area contributed by atoms with E-state index in [2.05, 4.69) is 40.0 Å². The zero-order valence-corrected chi connectivity index (χ0v) is 16.1. The van der Waals surface area contributed by atoms with E-state index in [4.69, 9.17) is 0 Å². The summed E-state index contributed by atoms with van der Waals surface area (Å²) >= 11 is 0. The van der Waals surface area contributed by atoms with Crippen molar-refractivity contribution < 1.29 is 0 Å². The summed E-state index contributed by atoms with van der Waals surface area (Å²) in [6, 6.07) is 26.3. The maximum absolute atomic E-state index is 9.49. The molecule has 0 bridgehead atoms. The predicted octanol–water partition coefficient (Wildman–Crippen LogP) is 5.91. The van der Waals surface area contributed by atoms with Crippen molar-refractivity contribution in [1.29, 1.82) is 5.26 Å². The third-order valence-corrected chi connectivity index (χ3v) is 4.95. The molecule has 1 unspecified atom stereocenters. The van der Waals surface area contributed by atoms with Crippen molar-refractivity contribution in [2.24, 2.45) is 0 Å². The van der Waals surface area contributed by atoms with Gasteiger partial charge >= 0.3 is 0 Å². The number of anilines is 2. The lowest BCUT2D eigenvalue weighted by Crippen LogP contribution is -2.22. The van der Waals surface area contributed by atoms with Crippen LogP contribution in [0.15, 0.2) is 97.6 Å². The van der Waals surface area contributed by atoms with Crippen LogP contribution < -0.4 is 4.90 Å². The number of hydrogen-bond donors (Lipinski definition) is 0. The van der Waals surface area contributed by atoms with Crippen molar-refractivity contribution in [2.45, 2.75) is 13.0 Å². The smallest absolute Gasteiger partial charge is 0.0991 e. The molecule has 0 aliphatic carbocycles. The molecule has 0 fully saturated rings. The highest BCUT2D eigenvalue weighted by Crippen LogP contribution is 2.38. The van der Waals surface area contributed by atoms with Gasteiger partial charge in [0.25, 0.3) is 0 Å². The largest absolute Gasteiger partial charge is 0.332 e. The van der Waals surface area contributed by atoms with E-state index in [1.54, 1.807) is 12.4 Å². The molecule has 140 valence electrons. The van der Waals surface area contributed by atoms with Crippen molar-refractivity contribution in [3.63, 3.8) is 0 Å². The summed E-state index contributed by atoms with van der Waals surface area (Å²) in [6.45, 7) is 2.14. The van der Waals surface area contributed by atoms with E-state index in [-0.39, 0.29) is 6.04 Å². The Labute approximate surface area is 170 Å². The fourth-order valence-corrected chi connectivity index (χ4v) is 3.59. The van der Waals surface area contributed by atoms with Crippen LogP contribution in [-0.4, -0.2) is 9.97 Å². The van der Waals surface area contributed by atoms with Crippen molar-refractivity contribution in [1.82, 2.24) is 9.97 Å². The SMILES string of the molecule is CC(c1cc(C#N)ccc1-c1ccccc1)N(c1cccnc1)c1cccnc1. The molecule has 0 aliphatic heterocycles. The van der Waals surface area contributed by atoms with Gasteiger partial charge in [-0.25, -0.2) is 0 Å². The molecule has 2 aromatic carbocycles. The molecule has 4 aromatic rings. The predicted molar refractivity (Wildman–Crippen MR) is 116 cm³/mol. The van der Waals surface area contributed by atoms with E-state index in [1.807, 2.05) is 73.1 Å². The van der Waals surface area contributed by atoms with Crippen LogP contribution >= 0.6 is 0 Å². The molecule has 29 heavy (non-hydrogen) atoms.